The summed E-state index contributed by atoms with van der Waals surface area (Å²) < 4.78 is 5.46. The molecule has 3 atom stereocenters. The van der Waals surface area contributed by atoms with Crippen LogP contribution in [0, 0.1) is 11.8 Å². The van der Waals surface area contributed by atoms with Crippen LogP contribution in [-0.4, -0.2) is 19.3 Å². The van der Waals surface area contributed by atoms with Crippen molar-refractivity contribution in [1.29, 1.82) is 0 Å². The van der Waals surface area contributed by atoms with E-state index in [2.05, 4.69) is 13.8 Å². The highest BCUT2D eigenvalue weighted by Gasteiger charge is 2.33. The summed E-state index contributed by atoms with van der Waals surface area (Å²) >= 11 is 0. The highest BCUT2D eigenvalue weighted by molar-refractivity contribution is 4.86. The normalized spacial score (nSPS) is 37.2. The lowest BCUT2D eigenvalue weighted by molar-refractivity contribution is -0.00447. The molecule has 0 aromatic carbocycles. The van der Waals surface area contributed by atoms with Gasteiger partial charge in [0.2, 0.25) is 0 Å². The predicted molar refractivity (Wildman–Crippen MR) is 51.0 cm³/mol. The summed E-state index contributed by atoms with van der Waals surface area (Å²) in [6.45, 7) is 4.48. The molecular formula is C10H21NO. The Bertz CT molecular complexity index is 136. The smallest absolute Gasteiger partial charge is 0.0616 e. The Morgan fingerprint density at radius 1 is 1.33 bits per heavy atom. The molecule has 12 heavy (non-hydrogen) atoms. The molecule has 2 nitrogen and oxygen atoms in total. The lowest BCUT2D eigenvalue weighted by atomic mass is 9.76. The fourth-order valence-corrected chi connectivity index (χ4v) is 2.41. The quantitative estimate of drug-likeness (QED) is 0.687. The van der Waals surface area contributed by atoms with Gasteiger partial charge in [-0.05, 0) is 25.2 Å². The maximum absolute atomic E-state index is 6.07. The summed E-state index contributed by atoms with van der Waals surface area (Å²) in [6.07, 6.45) is 3.98. The molecule has 1 saturated carbocycles. The second-order valence-electron chi connectivity index (χ2n) is 4.19. The Morgan fingerprint density at radius 2 is 2.00 bits per heavy atom. The van der Waals surface area contributed by atoms with E-state index in [1.807, 2.05) is 0 Å². The third-order valence-corrected chi connectivity index (χ3v) is 3.02. The SMILES string of the molecule is CO[C@@H]1CCC[C@H](N)[C@@H]1C(C)C. The minimum Gasteiger partial charge on any atom is -0.381 e. The molecule has 2 N–H and O–H groups in total. The van der Waals surface area contributed by atoms with Crippen molar-refractivity contribution >= 4 is 0 Å². The largest absolute Gasteiger partial charge is 0.381 e. The van der Waals surface area contributed by atoms with Gasteiger partial charge in [0.05, 0.1) is 6.10 Å². The van der Waals surface area contributed by atoms with Gasteiger partial charge in [0, 0.05) is 19.1 Å². The molecule has 1 aliphatic carbocycles. The van der Waals surface area contributed by atoms with Crippen molar-refractivity contribution in [2.45, 2.75) is 45.3 Å². The Kier molecular flexibility index (Phi) is 3.53. The molecule has 1 fully saturated rings. The molecule has 0 aromatic heterocycles. The van der Waals surface area contributed by atoms with Crippen LogP contribution in [0.1, 0.15) is 33.1 Å². The molecule has 2 heteroatoms. The van der Waals surface area contributed by atoms with Crippen LogP contribution in [0.25, 0.3) is 0 Å². The number of ether oxygens (including phenoxy) is 1. The second-order valence-corrected chi connectivity index (χ2v) is 4.19. The molecule has 0 unspecified atom stereocenters. The van der Waals surface area contributed by atoms with Gasteiger partial charge in [0.1, 0.15) is 0 Å². The van der Waals surface area contributed by atoms with Crippen molar-refractivity contribution in [2.24, 2.45) is 17.6 Å². The number of hydrogen-bond acceptors (Lipinski definition) is 2. The number of nitrogens with two attached hydrogens (primary N) is 1. The topological polar surface area (TPSA) is 35.2 Å². The Hall–Kier alpha value is -0.0800. The van der Waals surface area contributed by atoms with Crippen molar-refractivity contribution in [3.63, 3.8) is 0 Å². The van der Waals surface area contributed by atoms with E-state index < -0.39 is 0 Å². The van der Waals surface area contributed by atoms with Gasteiger partial charge < -0.3 is 10.5 Å². The van der Waals surface area contributed by atoms with Crippen LogP contribution >= 0.6 is 0 Å². The molecule has 0 spiro atoms. The third kappa shape index (κ3) is 1.99. The maximum Gasteiger partial charge on any atom is 0.0616 e. The molecule has 72 valence electrons. The monoisotopic (exact) mass is 171 g/mol. The van der Waals surface area contributed by atoms with E-state index in [9.17, 15) is 0 Å². The lowest BCUT2D eigenvalue weighted by Crippen LogP contribution is -2.45. The average Bonchev–Trinajstić information content (AvgIpc) is 2.03. The minimum atomic E-state index is 0.351. The van der Waals surface area contributed by atoms with Crippen LogP contribution < -0.4 is 5.73 Å². The molecule has 1 rings (SSSR count). The van der Waals surface area contributed by atoms with Gasteiger partial charge in [-0.25, -0.2) is 0 Å². The molecule has 0 saturated heterocycles. The van der Waals surface area contributed by atoms with Crippen LogP contribution in [0.15, 0.2) is 0 Å². The van der Waals surface area contributed by atoms with Crippen molar-refractivity contribution in [2.75, 3.05) is 7.11 Å². The first kappa shape index (κ1) is 10.0. The second kappa shape index (κ2) is 4.24. The Balaban J connectivity index is 2.59. The van der Waals surface area contributed by atoms with E-state index in [-0.39, 0.29) is 0 Å². The maximum atomic E-state index is 6.07. The standard InChI is InChI=1S/C10H21NO/c1-7(2)10-8(11)5-4-6-9(10)12-3/h7-10H,4-6,11H2,1-3H3/t8-,9+,10-/m0/s1. The first-order valence-corrected chi connectivity index (χ1v) is 4.95. The Labute approximate surface area is 75.5 Å². The van der Waals surface area contributed by atoms with E-state index in [1.54, 1.807) is 7.11 Å². The van der Waals surface area contributed by atoms with Gasteiger partial charge in [-0.3, -0.25) is 0 Å². The summed E-state index contributed by atoms with van der Waals surface area (Å²) in [5, 5.41) is 0. The van der Waals surface area contributed by atoms with E-state index in [0.29, 0.717) is 24.0 Å². The van der Waals surface area contributed by atoms with Gasteiger partial charge in [0.25, 0.3) is 0 Å². The van der Waals surface area contributed by atoms with Gasteiger partial charge in [-0.15, -0.1) is 0 Å². The molecule has 1 aliphatic rings. The Morgan fingerprint density at radius 3 is 2.42 bits per heavy atom. The molecular weight excluding hydrogens is 150 g/mol. The first-order valence-electron chi connectivity index (χ1n) is 4.95. The van der Waals surface area contributed by atoms with Crippen molar-refractivity contribution < 1.29 is 4.74 Å². The molecule has 0 aromatic rings. The summed E-state index contributed by atoms with van der Waals surface area (Å²) in [5.41, 5.74) is 6.07. The molecule has 0 bridgehead atoms. The van der Waals surface area contributed by atoms with Crippen molar-refractivity contribution in [1.82, 2.24) is 0 Å². The zero-order chi connectivity index (χ0) is 9.14. The summed E-state index contributed by atoms with van der Waals surface area (Å²) in [6, 6.07) is 0.351. The zero-order valence-electron chi connectivity index (χ0n) is 8.42. The third-order valence-electron chi connectivity index (χ3n) is 3.02. The molecule has 0 heterocycles. The van der Waals surface area contributed by atoms with Crippen LogP contribution in [0.4, 0.5) is 0 Å². The van der Waals surface area contributed by atoms with Gasteiger partial charge in [-0.2, -0.15) is 0 Å². The predicted octanol–water partition coefficient (Wildman–Crippen LogP) is 1.78. The fraction of sp³-hybridized carbons (Fsp3) is 1.00. The summed E-state index contributed by atoms with van der Waals surface area (Å²) in [4.78, 5) is 0. The van der Waals surface area contributed by atoms with E-state index >= 15 is 0 Å². The highest BCUT2D eigenvalue weighted by Crippen LogP contribution is 2.30. The van der Waals surface area contributed by atoms with Crippen LogP contribution in [0.5, 0.6) is 0 Å². The van der Waals surface area contributed by atoms with Crippen molar-refractivity contribution in [3.05, 3.63) is 0 Å². The van der Waals surface area contributed by atoms with Crippen molar-refractivity contribution in [3.8, 4) is 0 Å². The van der Waals surface area contributed by atoms with Crippen LogP contribution in [-0.2, 0) is 4.74 Å². The van der Waals surface area contributed by atoms with E-state index in [4.69, 9.17) is 10.5 Å². The minimum absolute atomic E-state index is 0.351. The highest BCUT2D eigenvalue weighted by atomic mass is 16.5. The zero-order valence-corrected chi connectivity index (χ0v) is 8.42. The molecule has 0 aliphatic heterocycles. The number of methoxy groups -OCH3 is 1. The lowest BCUT2D eigenvalue weighted by Gasteiger charge is -2.37. The van der Waals surface area contributed by atoms with Gasteiger partial charge in [-0.1, -0.05) is 13.8 Å². The molecule has 0 radical (unpaired) electrons. The number of hydrogen-bond donors (Lipinski definition) is 1. The van der Waals surface area contributed by atoms with E-state index in [1.165, 1.54) is 19.3 Å². The summed E-state index contributed by atoms with van der Waals surface area (Å²) in [5.74, 6) is 1.20. The van der Waals surface area contributed by atoms with E-state index in [0.717, 1.165) is 0 Å². The van der Waals surface area contributed by atoms with Gasteiger partial charge >= 0.3 is 0 Å². The number of rotatable bonds is 2. The van der Waals surface area contributed by atoms with Gasteiger partial charge in [0.15, 0.2) is 0 Å². The summed E-state index contributed by atoms with van der Waals surface area (Å²) in [7, 11) is 1.80. The van der Waals surface area contributed by atoms with Crippen LogP contribution in [0.2, 0.25) is 0 Å². The van der Waals surface area contributed by atoms with Crippen LogP contribution in [0.3, 0.4) is 0 Å². The first-order chi connectivity index (χ1) is 5.66. The molecule has 0 amide bonds. The average molecular weight is 171 g/mol. The fourth-order valence-electron chi connectivity index (χ4n) is 2.41.